The molecule has 0 bridgehead atoms. The molecule has 0 atom stereocenters. The predicted molar refractivity (Wildman–Crippen MR) is 135 cm³/mol. The van der Waals surface area contributed by atoms with Gasteiger partial charge < -0.3 is 10.1 Å². The number of benzene rings is 4. The zero-order valence-corrected chi connectivity index (χ0v) is 19.0. The van der Waals surface area contributed by atoms with E-state index in [0.717, 1.165) is 27.6 Å². The van der Waals surface area contributed by atoms with Crippen molar-refractivity contribution in [2.45, 2.75) is 20.5 Å². The maximum atomic E-state index is 12.1. The van der Waals surface area contributed by atoms with Gasteiger partial charge >= 0.3 is 11.8 Å². The molecule has 0 aliphatic heterocycles. The van der Waals surface area contributed by atoms with Crippen LogP contribution in [-0.2, 0) is 16.2 Å². The van der Waals surface area contributed by atoms with Gasteiger partial charge in [0.15, 0.2) is 0 Å². The van der Waals surface area contributed by atoms with Crippen LogP contribution >= 0.6 is 0 Å². The molecule has 34 heavy (non-hydrogen) atoms. The van der Waals surface area contributed by atoms with E-state index >= 15 is 0 Å². The molecule has 0 saturated carbocycles. The van der Waals surface area contributed by atoms with Crippen LogP contribution in [0.4, 0.5) is 5.69 Å². The molecule has 0 aliphatic rings. The molecular formula is C28H25N3O3. The molecule has 0 radical (unpaired) electrons. The fourth-order valence-electron chi connectivity index (χ4n) is 3.49. The summed E-state index contributed by atoms with van der Waals surface area (Å²) >= 11 is 0. The van der Waals surface area contributed by atoms with Crippen molar-refractivity contribution in [1.29, 1.82) is 0 Å². The van der Waals surface area contributed by atoms with Gasteiger partial charge in [-0.05, 0) is 71.1 Å². The Labute approximate surface area is 198 Å². The summed E-state index contributed by atoms with van der Waals surface area (Å²) in [7, 11) is 0. The number of hydrogen-bond acceptors (Lipinski definition) is 4. The van der Waals surface area contributed by atoms with E-state index in [9.17, 15) is 9.59 Å². The molecule has 2 amide bonds. The lowest BCUT2D eigenvalue weighted by molar-refractivity contribution is -0.136. The van der Waals surface area contributed by atoms with Gasteiger partial charge in [0.25, 0.3) is 0 Å². The Bertz CT molecular complexity index is 1370. The number of carbonyl (C=O) groups excluding carboxylic acids is 2. The summed E-state index contributed by atoms with van der Waals surface area (Å²) in [5.74, 6) is -0.957. The van der Waals surface area contributed by atoms with Crippen molar-refractivity contribution >= 4 is 34.5 Å². The lowest BCUT2D eigenvalue weighted by atomic mass is 10.1. The van der Waals surface area contributed by atoms with E-state index in [4.69, 9.17) is 4.74 Å². The van der Waals surface area contributed by atoms with Crippen LogP contribution in [0.3, 0.4) is 0 Å². The van der Waals surface area contributed by atoms with Gasteiger partial charge in [-0.3, -0.25) is 9.59 Å². The standard InChI is InChI=1S/C28H25N3O3/c1-19-13-14-24(15-20(19)2)30-27(32)28(33)31-29-17-21-7-5-11-25(16-21)34-18-23-10-6-9-22-8-3-4-12-26(22)23/h3-17H,18H2,1-2H3,(H,30,32)(H,31,33). The molecule has 170 valence electrons. The van der Waals surface area contributed by atoms with E-state index in [1.165, 1.54) is 11.6 Å². The molecule has 4 aromatic rings. The van der Waals surface area contributed by atoms with Gasteiger partial charge in [-0.1, -0.05) is 60.7 Å². The first-order valence-electron chi connectivity index (χ1n) is 10.9. The Kier molecular flexibility index (Phi) is 6.98. The number of hydrazone groups is 1. The minimum atomic E-state index is -0.849. The fraction of sp³-hybridized carbons (Fsp3) is 0.107. The zero-order valence-electron chi connectivity index (χ0n) is 19.0. The van der Waals surface area contributed by atoms with Gasteiger partial charge in [0.05, 0.1) is 6.21 Å². The highest BCUT2D eigenvalue weighted by Gasteiger charge is 2.13. The number of amides is 2. The minimum absolute atomic E-state index is 0.428. The Hall–Kier alpha value is -4.45. The van der Waals surface area contributed by atoms with E-state index in [1.807, 2.05) is 74.5 Å². The first kappa shape index (κ1) is 22.7. The SMILES string of the molecule is Cc1ccc(NC(=O)C(=O)NN=Cc2cccc(OCc3cccc4ccccc34)c2)cc1C. The molecule has 0 heterocycles. The number of fused-ring (bicyclic) bond motifs is 1. The van der Waals surface area contributed by atoms with Gasteiger partial charge in [-0.25, -0.2) is 5.43 Å². The number of ether oxygens (including phenoxy) is 1. The van der Waals surface area contributed by atoms with Crippen molar-refractivity contribution in [3.8, 4) is 5.75 Å². The second-order valence-electron chi connectivity index (χ2n) is 7.95. The lowest BCUT2D eigenvalue weighted by Crippen LogP contribution is -2.32. The number of rotatable bonds is 6. The number of carbonyl (C=O) groups is 2. The molecule has 0 unspecified atom stereocenters. The first-order valence-corrected chi connectivity index (χ1v) is 10.9. The van der Waals surface area contributed by atoms with Crippen molar-refractivity contribution in [1.82, 2.24) is 5.43 Å². The average molecular weight is 452 g/mol. The molecule has 0 saturated heterocycles. The number of nitrogens with one attached hydrogen (secondary N) is 2. The molecule has 0 fully saturated rings. The van der Waals surface area contributed by atoms with Gasteiger partial charge in [-0.15, -0.1) is 0 Å². The largest absolute Gasteiger partial charge is 0.489 e. The van der Waals surface area contributed by atoms with Crippen LogP contribution in [-0.4, -0.2) is 18.0 Å². The highest BCUT2D eigenvalue weighted by molar-refractivity contribution is 6.39. The smallest absolute Gasteiger partial charge is 0.329 e. The Morgan fingerprint density at radius 3 is 2.50 bits per heavy atom. The van der Waals surface area contributed by atoms with Crippen LogP contribution < -0.4 is 15.5 Å². The predicted octanol–water partition coefficient (Wildman–Crippen LogP) is 5.12. The van der Waals surface area contributed by atoms with E-state index in [-0.39, 0.29) is 0 Å². The van der Waals surface area contributed by atoms with Gasteiger partial charge in [-0.2, -0.15) is 5.10 Å². The third-order valence-corrected chi connectivity index (χ3v) is 5.48. The van der Waals surface area contributed by atoms with Crippen molar-refractivity contribution in [2.24, 2.45) is 5.10 Å². The molecule has 2 N–H and O–H groups in total. The van der Waals surface area contributed by atoms with Gasteiger partial charge in [0, 0.05) is 5.69 Å². The molecule has 0 aliphatic carbocycles. The van der Waals surface area contributed by atoms with Crippen LogP contribution in [0.5, 0.6) is 5.75 Å². The first-order chi connectivity index (χ1) is 16.5. The fourth-order valence-corrected chi connectivity index (χ4v) is 3.49. The third kappa shape index (κ3) is 5.66. The maximum Gasteiger partial charge on any atom is 0.329 e. The third-order valence-electron chi connectivity index (χ3n) is 5.48. The number of anilines is 1. The van der Waals surface area contributed by atoms with Gasteiger partial charge in [0.1, 0.15) is 12.4 Å². The Balaban J connectivity index is 1.33. The van der Waals surface area contributed by atoms with Crippen LogP contribution in [0.2, 0.25) is 0 Å². The van der Waals surface area contributed by atoms with Crippen molar-refractivity contribution < 1.29 is 14.3 Å². The lowest BCUT2D eigenvalue weighted by Gasteiger charge is -2.09. The Morgan fingerprint density at radius 2 is 1.65 bits per heavy atom. The maximum absolute atomic E-state index is 12.1. The molecule has 4 aromatic carbocycles. The molecule has 4 rings (SSSR count). The second kappa shape index (κ2) is 10.4. The normalized spacial score (nSPS) is 10.9. The monoisotopic (exact) mass is 451 g/mol. The topological polar surface area (TPSA) is 79.8 Å². The number of aryl methyl sites for hydroxylation is 2. The summed E-state index contributed by atoms with van der Waals surface area (Å²) in [5, 5.41) is 8.79. The zero-order chi connectivity index (χ0) is 23.9. The highest BCUT2D eigenvalue weighted by atomic mass is 16.5. The Morgan fingerprint density at radius 1 is 0.853 bits per heavy atom. The highest BCUT2D eigenvalue weighted by Crippen LogP contribution is 2.21. The van der Waals surface area contributed by atoms with Crippen LogP contribution in [0.1, 0.15) is 22.3 Å². The second-order valence-corrected chi connectivity index (χ2v) is 7.95. The van der Waals surface area contributed by atoms with Crippen LogP contribution in [0.25, 0.3) is 10.8 Å². The van der Waals surface area contributed by atoms with Crippen LogP contribution in [0.15, 0.2) is 90.0 Å². The average Bonchev–Trinajstić information content (AvgIpc) is 2.85. The van der Waals surface area contributed by atoms with E-state index in [1.54, 1.807) is 6.07 Å². The molecule has 0 aromatic heterocycles. The summed E-state index contributed by atoms with van der Waals surface area (Å²) in [4.78, 5) is 24.2. The minimum Gasteiger partial charge on any atom is -0.489 e. The van der Waals surface area contributed by atoms with E-state index in [0.29, 0.717) is 18.0 Å². The molecule has 6 heteroatoms. The summed E-state index contributed by atoms with van der Waals surface area (Å²) in [6.45, 7) is 4.35. The van der Waals surface area contributed by atoms with Crippen LogP contribution in [0, 0.1) is 13.8 Å². The summed E-state index contributed by atoms with van der Waals surface area (Å²) in [6, 6.07) is 27.1. The van der Waals surface area contributed by atoms with Crippen molar-refractivity contribution in [3.05, 3.63) is 107 Å². The molecular weight excluding hydrogens is 426 g/mol. The van der Waals surface area contributed by atoms with Crippen molar-refractivity contribution in [2.75, 3.05) is 5.32 Å². The van der Waals surface area contributed by atoms with Crippen molar-refractivity contribution in [3.63, 3.8) is 0 Å². The molecule has 0 spiro atoms. The molecule has 6 nitrogen and oxygen atoms in total. The van der Waals surface area contributed by atoms with Gasteiger partial charge in [0.2, 0.25) is 0 Å². The summed E-state index contributed by atoms with van der Waals surface area (Å²) < 4.78 is 5.98. The number of hydrogen-bond donors (Lipinski definition) is 2. The summed E-state index contributed by atoms with van der Waals surface area (Å²) in [6.07, 6.45) is 1.46. The van der Waals surface area contributed by atoms with E-state index in [2.05, 4.69) is 34.0 Å². The van der Waals surface area contributed by atoms with E-state index < -0.39 is 11.8 Å². The quantitative estimate of drug-likeness (QED) is 0.242. The number of nitrogens with zero attached hydrogens (tertiary/aromatic N) is 1. The summed E-state index contributed by atoms with van der Waals surface area (Å²) in [5.41, 5.74) is 6.77.